The highest BCUT2D eigenvalue weighted by Gasteiger charge is 2.21. The van der Waals surface area contributed by atoms with Gasteiger partial charge in [0.25, 0.3) is 0 Å². The zero-order valence-electron chi connectivity index (χ0n) is 16.4. The SMILES string of the molecule is CCCCc1ccc(C2CCC(C#Cc3ccc(CC)cc3)CC2)cc1. The predicted octanol–water partition coefficient (Wildman–Crippen LogP) is 6.92. The molecule has 0 bridgehead atoms. The van der Waals surface area contributed by atoms with Gasteiger partial charge in [-0.3, -0.25) is 0 Å². The van der Waals surface area contributed by atoms with Gasteiger partial charge in [0.15, 0.2) is 0 Å². The molecule has 0 unspecified atom stereocenters. The maximum atomic E-state index is 3.53. The van der Waals surface area contributed by atoms with Crippen molar-refractivity contribution in [2.75, 3.05) is 0 Å². The predicted molar refractivity (Wildman–Crippen MR) is 112 cm³/mol. The molecule has 26 heavy (non-hydrogen) atoms. The Morgan fingerprint density at radius 2 is 1.46 bits per heavy atom. The Labute approximate surface area is 160 Å². The van der Waals surface area contributed by atoms with Crippen LogP contribution >= 0.6 is 0 Å². The van der Waals surface area contributed by atoms with E-state index in [2.05, 4.69) is 74.2 Å². The molecular formula is C26H32. The second kappa shape index (κ2) is 9.63. The molecule has 3 rings (SSSR count). The van der Waals surface area contributed by atoms with Crippen LogP contribution < -0.4 is 0 Å². The van der Waals surface area contributed by atoms with Gasteiger partial charge in [-0.1, -0.05) is 68.5 Å². The molecule has 0 aliphatic heterocycles. The summed E-state index contributed by atoms with van der Waals surface area (Å²) in [5, 5.41) is 0. The van der Waals surface area contributed by atoms with E-state index in [0.29, 0.717) is 5.92 Å². The average molecular weight is 345 g/mol. The first-order valence-electron chi connectivity index (χ1n) is 10.5. The van der Waals surface area contributed by atoms with Crippen molar-refractivity contribution in [1.29, 1.82) is 0 Å². The van der Waals surface area contributed by atoms with Crippen LogP contribution in [0.2, 0.25) is 0 Å². The normalized spacial score (nSPS) is 19.6. The van der Waals surface area contributed by atoms with Gasteiger partial charge in [-0.05, 0) is 79.7 Å². The van der Waals surface area contributed by atoms with Crippen LogP contribution in [-0.2, 0) is 12.8 Å². The molecule has 0 heterocycles. The number of hydrogen-bond acceptors (Lipinski definition) is 0. The Morgan fingerprint density at radius 1 is 0.808 bits per heavy atom. The molecule has 0 saturated heterocycles. The fourth-order valence-electron chi connectivity index (χ4n) is 3.92. The summed E-state index contributed by atoms with van der Waals surface area (Å²) in [6.07, 6.45) is 9.92. The van der Waals surface area contributed by atoms with Crippen LogP contribution in [0.15, 0.2) is 48.5 Å². The van der Waals surface area contributed by atoms with Crippen LogP contribution in [0.3, 0.4) is 0 Å². The molecule has 2 aromatic rings. The van der Waals surface area contributed by atoms with Crippen molar-refractivity contribution >= 4 is 0 Å². The first kappa shape index (κ1) is 18.8. The lowest BCUT2D eigenvalue weighted by molar-refractivity contribution is 0.384. The van der Waals surface area contributed by atoms with Gasteiger partial charge >= 0.3 is 0 Å². The van der Waals surface area contributed by atoms with Crippen LogP contribution in [0, 0.1) is 17.8 Å². The van der Waals surface area contributed by atoms with Crippen molar-refractivity contribution < 1.29 is 0 Å². The minimum absolute atomic E-state index is 0.570. The molecule has 0 nitrogen and oxygen atoms in total. The first-order chi connectivity index (χ1) is 12.8. The number of rotatable bonds is 5. The van der Waals surface area contributed by atoms with Gasteiger partial charge in [-0.25, -0.2) is 0 Å². The average Bonchev–Trinajstić information content (AvgIpc) is 2.72. The van der Waals surface area contributed by atoms with Gasteiger partial charge in [0.2, 0.25) is 0 Å². The second-order valence-electron chi connectivity index (χ2n) is 7.71. The highest BCUT2D eigenvalue weighted by Crippen LogP contribution is 2.35. The highest BCUT2D eigenvalue weighted by molar-refractivity contribution is 5.36. The Bertz CT molecular complexity index is 716. The van der Waals surface area contributed by atoms with Gasteiger partial charge in [0.1, 0.15) is 0 Å². The van der Waals surface area contributed by atoms with Crippen molar-refractivity contribution in [2.24, 2.45) is 5.92 Å². The highest BCUT2D eigenvalue weighted by atomic mass is 14.2. The zero-order chi connectivity index (χ0) is 18.2. The van der Waals surface area contributed by atoms with Crippen LogP contribution in [0.1, 0.15) is 80.5 Å². The third kappa shape index (κ3) is 5.25. The molecule has 0 spiro atoms. The summed E-state index contributed by atoms with van der Waals surface area (Å²) in [5.41, 5.74) is 5.57. The summed E-state index contributed by atoms with van der Waals surface area (Å²) in [6, 6.07) is 18.2. The third-order valence-corrected chi connectivity index (χ3v) is 5.78. The summed E-state index contributed by atoms with van der Waals surface area (Å²) >= 11 is 0. The van der Waals surface area contributed by atoms with Gasteiger partial charge in [-0.15, -0.1) is 0 Å². The smallest absolute Gasteiger partial charge is 0.0245 e. The molecule has 0 radical (unpaired) electrons. The van der Waals surface area contributed by atoms with E-state index in [0.717, 1.165) is 17.9 Å². The van der Waals surface area contributed by atoms with Crippen molar-refractivity contribution in [3.63, 3.8) is 0 Å². The van der Waals surface area contributed by atoms with Gasteiger partial charge in [-0.2, -0.15) is 0 Å². The van der Waals surface area contributed by atoms with Crippen LogP contribution in [0.5, 0.6) is 0 Å². The lowest BCUT2D eigenvalue weighted by Crippen LogP contribution is -2.12. The molecule has 0 aromatic heterocycles. The first-order valence-corrected chi connectivity index (χ1v) is 10.5. The molecule has 1 aliphatic carbocycles. The maximum Gasteiger partial charge on any atom is 0.0245 e. The van der Waals surface area contributed by atoms with Crippen LogP contribution in [0.4, 0.5) is 0 Å². The summed E-state index contributed by atoms with van der Waals surface area (Å²) < 4.78 is 0. The zero-order valence-corrected chi connectivity index (χ0v) is 16.4. The van der Waals surface area contributed by atoms with E-state index in [1.807, 2.05) is 0 Å². The lowest BCUT2D eigenvalue weighted by Gasteiger charge is -2.26. The Balaban J connectivity index is 1.51. The molecule has 1 fully saturated rings. The standard InChI is InChI=1S/C26H32/c1-3-5-6-22-13-17-25(18-14-22)26-19-15-24(16-20-26)12-11-23-9-7-21(4-2)8-10-23/h7-10,13-14,17-18,24,26H,3-6,15-16,19-20H2,1-2H3. The molecule has 0 heteroatoms. The molecule has 0 atom stereocenters. The second-order valence-corrected chi connectivity index (χ2v) is 7.71. The van der Waals surface area contributed by atoms with E-state index >= 15 is 0 Å². The van der Waals surface area contributed by atoms with Crippen molar-refractivity contribution in [3.8, 4) is 11.8 Å². The molecular weight excluding hydrogens is 312 g/mol. The lowest BCUT2D eigenvalue weighted by atomic mass is 9.78. The molecule has 1 saturated carbocycles. The molecule has 2 aromatic carbocycles. The number of unbranched alkanes of at least 4 members (excludes halogenated alkanes) is 1. The van der Waals surface area contributed by atoms with Crippen molar-refractivity contribution in [1.82, 2.24) is 0 Å². The van der Waals surface area contributed by atoms with Crippen molar-refractivity contribution in [2.45, 2.75) is 71.1 Å². The molecule has 136 valence electrons. The van der Waals surface area contributed by atoms with E-state index < -0.39 is 0 Å². The Hall–Kier alpha value is -2.00. The third-order valence-electron chi connectivity index (χ3n) is 5.78. The minimum atomic E-state index is 0.570. The summed E-state index contributed by atoms with van der Waals surface area (Å²) in [5.74, 6) is 8.23. The van der Waals surface area contributed by atoms with Crippen molar-refractivity contribution in [3.05, 3.63) is 70.8 Å². The maximum absolute atomic E-state index is 3.53. The Kier molecular flexibility index (Phi) is 6.96. The van der Waals surface area contributed by atoms with Crippen LogP contribution in [0.25, 0.3) is 0 Å². The fraction of sp³-hybridized carbons (Fsp3) is 0.462. The van der Waals surface area contributed by atoms with E-state index in [1.165, 1.54) is 61.6 Å². The van der Waals surface area contributed by atoms with Crippen LogP contribution in [-0.4, -0.2) is 0 Å². The van der Waals surface area contributed by atoms with Gasteiger partial charge in [0.05, 0.1) is 0 Å². The molecule has 0 N–H and O–H groups in total. The van der Waals surface area contributed by atoms with Gasteiger partial charge < -0.3 is 0 Å². The molecule has 1 aliphatic rings. The summed E-state index contributed by atoms with van der Waals surface area (Å²) in [6.45, 7) is 4.45. The van der Waals surface area contributed by atoms with E-state index in [9.17, 15) is 0 Å². The van der Waals surface area contributed by atoms with E-state index in [4.69, 9.17) is 0 Å². The monoisotopic (exact) mass is 344 g/mol. The Morgan fingerprint density at radius 3 is 2.08 bits per heavy atom. The van der Waals surface area contributed by atoms with Gasteiger partial charge in [0, 0.05) is 11.5 Å². The molecule has 0 amide bonds. The van der Waals surface area contributed by atoms with E-state index in [-0.39, 0.29) is 0 Å². The largest absolute Gasteiger partial charge is 0.0945 e. The number of aryl methyl sites for hydroxylation is 2. The minimum Gasteiger partial charge on any atom is -0.0945 e. The summed E-state index contributed by atoms with van der Waals surface area (Å²) in [4.78, 5) is 0. The van der Waals surface area contributed by atoms with E-state index in [1.54, 1.807) is 0 Å². The topological polar surface area (TPSA) is 0 Å². The number of benzene rings is 2. The quantitative estimate of drug-likeness (QED) is 0.517. The fourth-order valence-corrected chi connectivity index (χ4v) is 3.92. The number of hydrogen-bond donors (Lipinski definition) is 0. The summed E-state index contributed by atoms with van der Waals surface area (Å²) in [7, 11) is 0.